The number of nitrogens with zero attached hydrogens (tertiary/aromatic N) is 2. The van der Waals surface area contributed by atoms with Crippen LogP contribution >= 0.6 is 0 Å². The molecule has 0 fully saturated rings. The number of amides is 2. The lowest BCUT2D eigenvalue weighted by molar-refractivity contribution is -0.112. The number of benzene rings is 1. The first-order valence-electron chi connectivity index (χ1n) is 4.77. The van der Waals surface area contributed by atoms with Gasteiger partial charge in [-0.2, -0.15) is 0 Å². The maximum absolute atomic E-state index is 11.7. The highest BCUT2D eigenvalue weighted by atomic mass is 16.1. The van der Waals surface area contributed by atoms with Crippen molar-refractivity contribution in [2.45, 2.75) is 0 Å². The molecular weight excluding hydrogens is 204 g/mol. The third-order valence-electron chi connectivity index (χ3n) is 2.57. The molecule has 0 saturated carbocycles. The topological polar surface area (TPSA) is 58.9 Å². The smallest absolute Gasteiger partial charge is 0.267 e. The molecule has 2 aliphatic rings. The molecule has 1 aromatic rings. The van der Waals surface area contributed by atoms with Crippen molar-refractivity contribution in [1.29, 1.82) is 0 Å². The van der Waals surface area contributed by atoms with Gasteiger partial charge >= 0.3 is 0 Å². The van der Waals surface area contributed by atoms with Gasteiger partial charge in [-0.15, -0.1) is 0 Å². The molecule has 0 saturated heterocycles. The third-order valence-corrected chi connectivity index (χ3v) is 2.57. The number of carbonyl (C=O) groups excluding carboxylic acids is 2. The van der Waals surface area contributed by atoms with E-state index in [0.29, 0.717) is 11.1 Å². The quantitative estimate of drug-likeness (QED) is 0.576. The summed E-state index contributed by atoms with van der Waals surface area (Å²) < 4.78 is 0. The Morgan fingerprint density at radius 3 is 2.69 bits per heavy atom. The second-order valence-corrected chi connectivity index (χ2v) is 3.52. The van der Waals surface area contributed by atoms with Crippen molar-refractivity contribution in [1.82, 2.24) is 0 Å². The lowest BCUT2D eigenvalue weighted by Crippen LogP contribution is -2.28. The lowest BCUT2D eigenvalue weighted by Gasteiger charge is -2.08. The standard InChI is InChI=1S/C12H6N2O2/c15-10-5-8-2-1-7-3-4-13-12(16)11(7)9(8)6-14-10/h1-6H. The number of carbonyl (C=O) groups is 2. The van der Waals surface area contributed by atoms with Gasteiger partial charge in [-0.25, -0.2) is 9.98 Å². The first-order chi connectivity index (χ1) is 7.75. The predicted molar refractivity (Wildman–Crippen MR) is 60.0 cm³/mol. The zero-order valence-electron chi connectivity index (χ0n) is 8.18. The lowest BCUT2D eigenvalue weighted by atomic mass is 9.99. The van der Waals surface area contributed by atoms with Crippen molar-refractivity contribution in [2.24, 2.45) is 9.98 Å². The molecule has 2 amide bonds. The first kappa shape index (κ1) is 8.91. The van der Waals surface area contributed by atoms with Gasteiger partial charge in [0.05, 0.1) is 5.56 Å². The van der Waals surface area contributed by atoms with Crippen LogP contribution in [0.5, 0.6) is 0 Å². The fourth-order valence-corrected chi connectivity index (χ4v) is 1.84. The zero-order chi connectivity index (χ0) is 11.1. The summed E-state index contributed by atoms with van der Waals surface area (Å²) in [4.78, 5) is 30.2. The van der Waals surface area contributed by atoms with Crippen molar-refractivity contribution < 1.29 is 9.59 Å². The van der Waals surface area contributed by atoms with Gasteiger partial charge in [-0.3, -0.25) is 9.59 Å². The average molecular weight is 210 g/mol. The van der Waals surface area contributed by atoms with Gasteiger partial charge in [-0.05, 0) is 16.5 Å². The van der Waals surface area contributed by atoms with Crippen molar-refractivity contribution in [3.8, 4) is 0 Å². The second kappa shape index (κ2) is 3.06. The molecule has 2 aliphatic heterocycles. The van der Waals surface area contributed by atoms with E-state index in [-0.39, 0.29) is 11.8 Å². The molecule has 0 aliphatic carbocycles. The fourth-order valence-electron chi connectivity index (χ4n) is 1.84. The van der Waals surface area contributed by atoms with E-state index in [9.17, 15) is 9.59 Å². The van der Waals surface area contributed by atoms with E-state index in [1.54, 1.807) is 18.2 Å². The molecule has 4 nitrogen and oxygen atoms in total. The van der Waals surface area contributed by atoms with E-state index in [4.69, 9.17) is 0 Å². The summed E-state index contributed by atoms with van der Waals surface area (Å²) in [7, 11) is 0. The van der Waals surface area contributed by atoms with E-state index in [2.05, 4.69) is 9.98 Å². The molecule has 0 aromatic heterocycles. The van der Waals surface area contributed by atoms with Crippen LogP contribution in [-0.2, 0) is 4.79 Å². The molecule has 0 unspecified atom stereocenters. The molecule has 2 heterocycles. The van der Waals surface area contributed by atoms with Crippen LogP contribution in [0.3, 0.4) is 0 Å². The average Bonchev–Trinajstić information content (AvgIpc) is 2.29. The molecule has 0 N–H and O–H groups in total. The number of aliphatic imine (C=N–C) groups is 2. The Balaban J connectivity index is 2.47. The summed E-state index contributed by atoms with van der Waals surface area (Å²) in [5.74, 6) is -0.591. The predicted octanol–water partition coefficient (Wildman–Crippen LogP) is -0.569. The molecule has 1 aromatic carbocycles. The maximum atomic E-state index is 11.7. The van der Waals surface area contributed by atoms with Crippen molar-refractivity contribution in [3.05, 3.63) is 33.7 Å². The van der Waals surface area contributed by atoms with Crippen LogP contribution in [0.25, 0.3) is 12.2 Å². The van der Waals surface area contributed by atoms with Gasteiger partial charge in [0.15, 0.2) is 0 Å². The van der Waals surface area contributed by atoms with Gasteiger partial charge in [0, 0.05) is 24.1 Å². The SMILES string of the molecule is O=C1C=c2ccc3c(c2C=N1)C(=O)N=CC=3. The Kier molecular flexibility index (Phi) is 1.71. The Morgan fingerprint density at radius 2 is 1.81 bits per heavy atom. The molecule has 3 rings (SSSR count). The Hall–Kier alpha value is -2.36. The highest BCUT2D eigenvalue weighted by Crippen LogP contribution is 2.04. The van der Waals surface area contributed by atoms with Crippen LogP contribution < -0.4 is 10.4 Å². The minimum Gasteiger partial charge on any atom is -0.267 e. The van der Waals surface area contributed by atoms with Crippen molar-refractivity contribution >= 4 is 36.4 Å². The Labute approximate surface area is 90.3 Å². The summed E-state index contributed by atoms with van der Waals surface area (Å²) in [6, 6.07) is 3.61. The van der Waals surface area contributed by atoms with Crippen LogP contribution in [0.1, 0.15) is 15.9 Å². The van der Waals surface area contributed by atoms with E-state index in [1.807, 2.05) is 0 Å². The minimum absolute atomic E-state index is 0.288. The zero-order valence-corrected chi connectivity index (χ0v) is 8.18. The van der Waals surface area contributed by atoms with E-state index in [1.165, 1.54) is 18.5 Å². The normalized spacial score (nSPS) is 16.2. The second-order valence-electron chi connectivity index (χ2n) is 3.52. The largest absolute Gasteiger partial charge is 0.278 e. The van der Waals surface area contributed by atoms with Crippen LogP contribution in [0, 0.1) is 0 Å². The molecule has 76 valence electrons. The fraction of sp³-hybridized carbons (Fsp3) is 0. The summed E-state index contributed by atoms with van der Waals surface area (Å²) >= 11 is 0. The highest BCUT2D eigenvalue weighted by Gasteiger charge is 2.16. The van der Waals surface area contributed by atoms with E-state index < -0.39 is 0 Å². The van der Waals surface area contributed by atoms with Gasteiger partial charge in [0.1, 0.15) is 0 Å². The number of hydrogen-bond donors (Lipinski definition) is 0. The maximum Gasteiger partial charge on any atom is 0.278 e. The molecule has 0 atom stereocenters. The molecule has 4 heteroatoms. The minimum atomic E-state index is -0.303. The Bertz CT molecular complexity index is 696. The summed E-state index contributed by atoms with van der Waals surface area (Å²) in [6.07, 6.45) is 6.09. The van der Waals surface area contributed by atoms with Crippen LogP contribution in [0.15, 0.2) is 22.1 Å². The molecule has 0 radical (unpaired) electrons. The van der Waals surface area contributed by atoms with Gasteiger partial charge in [0.25, 0.3) is 11.8 Å². The third kappa shape index (κ3) is 1.16. The monoisotopic (exact) mass is 210 g/mol. The van der Waals surface area contributed by atoms with Gasteiger partial charge in [-0.1, -0.05) is 12.1 Å². The molecule has 0 bridgehead atoms. The number of fused-ring (bicyclic) bond motifs is 3. The number of rotatable bonds is 0. The summed E-state index contributed by atoms with van der Waals surface area (Å²) in [6.45, 7) is 0. The van der Waals surface area contributed by atoms with E-state index >= 15 is 0 Å². The Morgan fingerprint density at radius 1 is 1.00 bits per heavy atom. The van der Waals surface area contributed by atoms with Gasteiger partial charge < -0.3 is 0 Å². The van der Waals surface area contributed by atoms with Crippen molar-refractivity contribution in [2.75, 3.05) is 0 Å². The van der Waals surface area contributed by atoms with Gasteiger partial charge in [0.2, 0.25) is 0 Å². The first-order valence-corrected chi connectivity index (χ1v) is 4.77. The summed E-state index contributed by atoms with van der Waals surface area (Å²) in [5.41, 5.74) is 1.20. The molecular formula is C12H6N2O2. The summed E-state index contributed by atoms with van der Waals surface area (Å²) in [5, 5.41) is 1.53. The van der Waals surface area contributed by atoms with Crippen LogP contribution in [0.4, 0.5) is 0 Å². The molecule has 16 heavy (non-hydrogen) atoms. The van der Waals surface area contributed by atoms with E-state index in [0.717, 1.165) is 10.4 Å². The highest BCUT2D eigenvalue weighted by molar-refractivity contribution is 6.17. The molecule has 0 spiro atoms. The van der Waals surface area contributed by atoms with Crippen LogP contribution in [0.2, 0.25) is 0 Å². The van der Waals surface area contributed by atoms with Crippen LogP contribution in [-0.4, -0.2) is 24.2 Å². The van der Waals surface area contributed by atoms with Crippen molar-refractivity contribution in [3.63, 3.8) is 0 Å². The number of hydrogen-bond acceptors (Lipinski definition) is 2.